The smallest absolute Gasteiger partial charge is 0.191 e. The van der Waals surface area contributed by atoms with Gasteiger partial charge in [0.05, 0.1) is 21.3 Å². The summed E-state index contributed by atoms with van der Waals surface area (Å²) in [6.45, 7) is 7.62. The minimum absolute atomic E-state index is 0. The van der Waals surface area contributed by atoms with Gasteiger partial charge in [-0.3, -0.25) is 4.99 Å². The van der Waals surface area contributed by atoms with E-state index in [0.717, 1.165) is 55.0 Å². The van der Waals surface area contributed by atoms with Crippen LogP contribution in [0.4, 0.5) is 5.69 Å². The van der Waals surface area contributed by atoms with Crippen LogP contribution >= 0.6 is 24.0 Å². The highest BCUT2D eigenvalue weighted by Gasteiger charge is 2.24. The summed E-state index contributed by atoms with van der Waals surface area (Å²) in [5.41, 5.74) is 2.28. The number of methoxy groups -OCH3 is 3. The van der Waals surface area contributed by atoms with Crippen LogP contribution in [0.15, 0.2) is 47.5 Å². The van der Waals surface area contributed by atoms with Crippen molar-refractivity contribution in [1.29, 1.82) is 0 Å². The number of guanidine groups is 1. The fourth-order valence-electron chi connectivity index (χ4n) is 4.00. The molecule has 0 saturated carbocycles. The Kier molecular flexibility index (Phi) is 10.9. The lowest BCUT2D eigenvalue weighted by Crippen LogP contribution is -2.44. The van der Waals surface area contributed by atoms with E-state index in [1.807, 2.05) is 24.3 Å². The fraction of sp³-hybridized carbons (Fsp3) is 0.480. The van der Waals surface area contributed by atoms with Crippen LogP contribution in [-0.2, 0) is 0 Å². The van der Waals surface area contributed by atoms with Crippen LogP contribution in [0.1, 0.15) is 31.7 Å². The monoisotopic (exact) mass is 568 g/mol. The van der Waals surface area contributed by atoms with Gasteiger partial charge in [-0.2, -0.15) is 0 Å². The Labute approximate surface area is 214 Å². The average Bonchev–Trinajstić information content (AvgIpc) is 3.30. The molecule has 1 aliphatic heterocycles. The Morgan fingerprint density at radius 3 is 2.42 bits per heavy atom. The number of nitrogens with one attached hydrogen (secondary N) is 2. The summed E-state index contributed by atoms with van der Waals surface area (Å²) in [5.74, 6) is 3.62. The van der Waals surface area contributed by atoms with Crippen LogP contribution in [0.25, 0.3) is 0 Å². The van der Waals surface area contributed by atoms with E-state index in [4.69, 9.17) is 19.2 Å². The lowest BCUT2D eigenvalue weighted by Gasteiger charge is -2.22. The van der Waals surface area contributed by atoms with E-state index in [1.165, 1.54) is 5.56 Å². The van der Waals surface area contributed by atoms with Crippen molar-refractivity contribution < 1.29 is 14.2 Å². The number of hydrogen-bond acceptors (Lipinski definition) is 5. The molecule has 0 aromatic heterocycles. The van der Waals surface area contributed by atoms with Gasteiger partial charge in [0.1, 0.15) is 17.2 Å². The number of benzene rings is 2. The van der Waals surface area contributed by atoms with Gasteiger partial charge in [-0.05, 0) is 25.0 Å². The van der Waals surface area contributed by atoms with Gasteiger partial charge in [0.25, 0.3) is 0 Å². The van der Waals surface area contributed by atoms with Crippen molar-refractivity contribution in [3.05, 3.63) is 48.0 Å². The highest BCUT2D eigenvalue weighted by Crippen LogP contribution is 2.30. The van der Waals surface area contributed by atoms with Crippen LogP contribution in [0, 0.1) is 0 Å². The Hall–Kier alpha value is -2.36. The van der Waals surface area contributed by atoms with E-state index in [9.17, 15) is 0 Å². The summed E-state index contributed by atoms with van der Waals surface area (Å²) in [6, 6.07) is 14.5. The molecule has 1 fully saturated rings. The van der Waals surface area contributed by atoms with E-state index < -0.39 is 0 Å². The molecular formula is C25H37IN4O3. The van der Waals surface area contributed by atoms with Crippen molar-refractivity contribution in [3.8, 4) is 17.2 Å². The summed E-state index contributed by atoms with van der Waals surface area (Å²) in [7, 11) is 5.07. The van der Waals surface area contributed by atoms with E-state index in [2.05, 4.69) is 47.6 Å². The first kappa shape index (κ1) is 26.9. The lowest BCUT2D eigenvalue weighted by molar-refractivity contribution is 0.394. The normalized spacial score (nSPS) is 16.6. The van der Waals surface area contributed by atoms with E-state index in [0.29, 0.717) is 12.6 Å². The van der Waals surface area contributed by atoms with Gasteiger partial charge in [-0.25, -0.2) is 0 Å². The molecular weight excluding hydrogens is 531 g/mol. The number of anilines is 1. The predicted molar refractivity (Wildman–Crippen MR) is 146 cm³/mol. The molecule has 0 aliphatic carbocycles. The quantitative estimate of drug-likeness (QED) is 0.268. The molecule has 2 atom stereocenters. The van der Waals surface area contributed by atoms with Crippen LogP contribution < -0.4 is 29.7 Å². The van der Waals surface area contributed by atoms with Crippen LogP contribution in [-0.4, -0.2) is 59.5 Å². The number of halogens is 1. The second kappa shape index (κ2) is 13.4. The summed E-state index contributed by atoms with van der Waals surface area (Å²) in [6.07, 6.45) is 1.03. The third kappa shape index (κ3) is 7.31. The number of rotatable bonds is 9. The highest BCUT2D eigenvalue weighted by molar-refractivity contribution is 14.0. The molecule has 33 heavy (non-hydrogen) atoms. The second-order valence-electron chi connectivity index (χ2n) is 8.01. The van der Waals surface area contributed by atoms with Gasteiger partial charge in [-0.15, -0.1) is 24.0 Å². The molecule has 0 bridgehead atoms. The summed E-state index contributed by atoms with van der Waals surface area (Å²) >= 11 is 0. The number of ether oxygens (including phenoxy) is 3. The van der Waals surface area contributed by atoms with Gasteiger partial charge in [0.15, 0.2) is 5.96 Å². The van der Waals surface area contributed by atoms with Crippen molar-refractivity contribution in [2.24, 2.45) is 4.99 Å². The molecule has 2 unspecified atom stereocenters. The molecule has 2 aromatic rings. The number of aliphatic imine (C=N–C) groups is 1. The van der Waals surface area contributed by atoms with Gasteiger partial charge in [-0.1, -0.05) is 25.1 Å². The molecule has 8 heteroatoms. The van der Waals surface area contributed by atoms with Crippen molar-refractivity contribution in [2.45, 2.75) is 32.2 Å². The van der Waals surface area contributed by atoms with E-state index in [-0.39, 0.29) is 29.9 Å². The van der Waals surface area contributed by atoms with Crippen LogP contribution in [0.3, 0.4) is 0 Å². The third-order valence-electron chi connectivity index (χ3n) is 5.77. The molecule has 1 heterocycles. The standard InChI is InChI=1S/C25H36N4O3.HI/c1-6-26-25(27-16-18(2)23-9-7-8-10-24(23)32-5)28-19-11-12-29(17-19)20-13-21(30-3)15-22(14-20)31-4;/h7-10,13-15,18-19H,6,11-12,16-17H2,1-5H3,(H2,26,27,28);1H. The Morgan fingerprint density at radius 2 is 1.79 bits per heavy atom. The SMILES string of the molecule is CCNC(=NCC(C)c1ccccc1OC)NC1CCN(c2cc(OC)cc(OC)c2)C1.I. The molecule has 7 nitrogen and oxygen atoms in total. The molecule has 0 amide bonds. The minimum atomic E-state index is 0. The van der Waals surface area contributed by atoms with E-state index in [1.54, 1.807) is 21.3 Å². The molecule has 182 valence electrons. The summed E-state index contributed by atoms with van der Waals surface area (Å²) < 4.78 is 16.4. The summed E-state index contributed by atoms with van der Waals surface area (Å²) in [4.78, 5) is 7.21. The van der Waals surface area contributed by atoms with Gasteiger partial charge >= 0.3 is 0 Å². The molecule has 2 aromatic carbocycles. The molecule has 3 rings (SSSR count). The van der Waals surface area contributed by atoms with Crippen molar-refractivity contribution >= 4 is 35.6 Å². The lowest BCUT2D eigenvalue weighted by atomic mass is 10.0. The first-order chi connectivity index (χ1) is 15.6. The molecule has 0 radical (unpaired) electrons. The Bertz CT molecular complexity index is 887. The van der Waals surface area contributed by atoms with Gasteiger partial charge < -0.3 is 29.7 Å². The van der Waals surface area contributed by atoms with Crippen LogP contribution in [0.5, 0.6) is 17.2 Å². The highest BCUT2D eigenvalue weighted by atomic mass is 127. The van der Waals surface area contributed by atoms with Crippen molar-refractivity contribution in [2.75, 3.05) is 52.4 Å². The second-order valence-corrected chi connectivity index (χ2v) is 8.01. The first-order valence-electron chi connectivity index (χ1n) is 11.2. The maximum absolute atomic E-state index is 5.51. The topological polar surface area (TPSA) is 67.4 Å². The zero-order chi connectivity index (χ0) is 22.9. The molecule has 2 N–H and O–H groups in total. The molecule has 1 saturated heterocycles. The zero-order valence-corrected chi connectivity index (χ0v) is 22.6. The Balaban J connectivity index is 0.00000385. The molecule has 1 aliphatic rings. The fourth-order valence-corrected chi connectivity index (χ4v) is 4.00. The van der Waals surface area contributed by atoms with E-state index >= 15 is 0 Å². The maximum atomic E-state index is 5.51. The zero-order valence-electron chi connectivity index (χ0n) is 20.3. The first-order valence-corrected chi connectivity index (χ1v) is 11.2. The van der Waals surface area contributed by atoms with Gasteiger partial charge in [0, 0.05) is 62.0 Å². The van der Waals surface area contributed by atoms with Gasteiger partial charge in [0.2, 0.25) is 0 Å². The third-order valence-corrected chi connectivity index (χ3v) is 5.77. The maximum Gasteiger partial charge on any atom is 0.191 e. The number of nitrogens with zero attached hydrogens (tertiary/aromatic N) is 2. The van der Waals surface area contributed by atoms with Crippen molar-refractivity contribution in [1.82, 2.24) is 10.6 Å². The molecule has 0 spiro atoms. The average molecular weight is 569 g/mol. The Morgan fingerprint density at radius 1 is 1.09 bits per heavy atom. The predicted octanol–water partition coefficient (Wildman–Crippen LogP) is 4.27. The largest absolute Gasteiger partial charge is 0.497 e. The van der Waals surface area contributed by atoms with Crippen molar-refractivity contribution in [3.63, 3.8) is 0 Å². The number of para-hydroxylation sites is 1. The number of hydrogen-bond donors (Lipinski definition) is 2. The van der Waals surface area contributed by atoms with Crippen LogP contribution in [0.2, 0.25) is 0 Å². The summed E-state index contributed by atoms with van der Waals surface area (Å²) in [5, 5.41) is 7.00. The minimum Gasteiger partial charge on any atom is -0.497 e.